The Morgan fingerprint density at radius 2 is 1.94 bits per heavy atom. The van der Waals surface area contributed by atoms with Crippen LogP contribution in [0.15, 0.2) is 51.5 Å². The Kier molecular flexibility index (Phi) is 6.17. The van der Waals surface area contributed by atoms with Crippen LogP contribution in [0, 0.1) is 23.1 Å². The zero-order valence-electron chi connectivity index (χ0n) is 17.0. The molecule has 0 saturated carbocycles. The molecule has 1 fully saturated rings. The van der Waals surface area contributed by atoms with Crippen molar-refractivity contribution in [2.45, 2.75) is 19.3 Å². The molecule has 3 heterocycles. The van der Waals surface area contributed by atoms with E-state index in [1.165, 1.54) is 30.5 Å². The van der Waals surface area contributed by atoms with Crippen LogP contribution < -0.4 is 15.8 Å². The summed E-state index contributed by atoms with van der Waals surface area (Å²) in [6.45, 7) is 0.978. The molecular weight excluding hydrogens is 417 g/mol. The Morgan fingerprint density at radius 3 is 2.59 bits per heavy atom. The van der Waals surface area contributed by atoms with Gasteiger partial charge in [-0.1, -0.05) is 12.1 Å². The number of benzene rings is 1. The van der Waals surface area contributed by atoms with E-state index in [1.807, 2.05) is 11.0 Å². The van der Waals surface area contributed by atoms with Gasteiger partial charge in [0.25, 0.3) is 5.89 Å². The van der Waals surface area contributed by atoms with Crippen LogP contribution in [-0.4, -0.2) is 29.9 Å². The van der Waals surface area contributed by atoms with Crippen molar-refractivity contribution in [2.75, 3.05) is 18.0 Å². The van der Waals surface area contributed by atoms with E-state index < -0.39 is 5.91 Å². The average molecular weight is 437 g/mol. The van der Waals surface area contributed by atoms with Crippen LogP contribution in [0.4, 0.5) is 10.3 Å². The van der Waals surface area contributed by atoms with E-state index in [-0.39, 0.29) is 35.6 Å². The lowest BCUT2D eigenvalue weighted by atomic mass is 9.96. The molecule has 1 aromatic carbocycles. The third kappa shape index (κ3) is 4.78. The summed E-state index contributed by atoms with van der Waals surface area (Å²) < 4.78 is 24.0. The molecule has 2 aromatic heterocycles. The van der Waals surface area contributed by atoms with E-state index in [0.29, 0.717) is 43.1 Å². The lowest BCUT2D eigenvalue weighted by Crippen LogP contribution is -2.47. The average Bonchev–Trinajstić information content (AvgIpc) is 3.49. The van der Waals surface area contributed by atoms with Crippen molar-refractivity contribution in [1.82, 2.24) is 15.8 Å². The smallest absolute Gasteiger partial charge is 0.266 e. The van der Waals surface area contributed by atoms with Gasteiger partial charge < -0.3 is 13.7 Å². The van der Waals surface area contributed by atoms with E-state index in [2.05, 4.69) is 15.8 Å². The van der Waals surface area contributed by atoms with Crippen LogP contribution in [0.3, 0.4) is 0 Å². The number of piperidine rings is 1. The zero-order valence-corrected chi connectivity index (χ0v) is 17.0. The summed E-state index contributed by atoms with van der Waals surface area (Å²) in [5.74, 6) is -0.345. The molecular formula is C22H20FN5O4. The normalized spacial score (nSPS) is 14.1. The zero-order chi connectivity index (χ0) is 22.5. The van der Waals surface area contributed by atoms with Crippen molar-refractivity contribution >= 4 is 17.7 Å². The highest BCUT2D eigenvalue weighted by Gasteiger charge is 2.29. The Balaban J connectivity index is 1.28. The molecule has 0 aliphatic carbocycles. The maximum absolute atomic E-state index is 12.9. The van der Waals surface area contributed by atoms with Crippen LogP contribution in [0.25, 0.3) is 11.7 Å². The monoisotopic (exact) mass is 437 g/mol. The van der Waals surface area contributed by atoms with Gasteiger partial charge in [0.05, 0.1) is 12.7 Å². The first-order valence-corrected chi connectivity index (χ1v) is 10.1. The Morgan fingerprint density at radius 1 is 1.19 bits per heavy atom. The van der Waals surface area contributed by atoms with Crippen LogP contribution >= 0.6 is 0 Å². The quantitative estimate of drug-likeness (QED) is 0.588. The Labute approximate surface area is 182 Å². The summed E-state index contributed by atoms with van der Waals surface area (Å²) >= 11 is 0. The number of nitrogens with one attached hydrogen (secondary N) is 2. The molecule has 2 N–H and O–H groups in total. The van der Waals surface area contributed by atoms with E-state index >= 15 is 0 Å². The molecule has 1 aliphatic heterocycles. The number of carbonyl (C=O) groups excluding carboxylic acids is 2. The van der Waals surface area contributed by atoms with Crippen molar-refractivity contribution in [3.05, 3.63) is 59.7 Å². The summed E-state index contributed by atoms with van der Waals surface area (Å²) in [5, 5.41) is 9.39. The molecule has 164 valence electrons. The first-order chi connectivity index (χ1) is 15.5. The predicted octanol–water partition coefficient (Wildman–Crippen LogP) is 2.55. The number of nitriles is 1. The second kappa shape index (κ2) is 9.34. The molecule has 10 heteroatoms. The minimum atomic E-state index is -0.395. The number of halogens is 1. The van der Waals surface area contributed by atoms with Crippen LogP contribution in [0.5, 0.6) is 0 Å². The second-order valence-corrected chi connectivity index (χ2v) is 7.36. The molecule has 32 heavy (non-hydrogen) atoms. The summed E-state index contributed by atoms with van der Waals surface area (Å²) in [6.07, 6.45) is 2.55. The number of anilines is 1. The van der Waals surface area contributed by atoms with Crippen molar-refractivity contribution in [2.24, 2.45) is 5.92 Å². The number of amides is 2. The Bertz CT molecular complexity index is 1130. The van der Waals surface area contributed by atoms with E-state index in [9.17, 15) is 19.2 Å². The maximum Gasteiger partial charge on any atom is 0.266 e. The van der Waals surface area contributed by atoms with Crippen molar-refractivity contribution < 1.29 is 22.8 Å². The summed E-state index contributed by atoms with van der Waals surface area (Å²) in [6, 6.07) is 11.0. The van der Waals surface area contributed by atoms with Crippen molar-refractivity contribution in [3.63, 3.8) is 0 Å². The van der Waals surface area contributed by atoms with E-state index in [0.717, 1.165) is 0 Å². The highest BCUT2D eigenvalue weighted by molar-refractivity contribution is 5.84. The van der Waals surface area contributed by atoms with Gasteiger partial charge in [-0.3, -0.25) is 20.4 Å². The molecule has 0 unspecified atom stereocenters. The molecule has 1 aliphatic rings. The fraction of sp³-hybridized carbons (Fsp3) is 0.273. The predicted molar refractivity (Wildman–Crippen MR) is 110 cm³/mol. The number of hydrazine groups is 1. The lowest BCUT2D eigenvalue weighted by molar-refractivity contribution is -0.131. The van der Waals surface area contributed by atoms with Gasteiger partial charge in [-0.15, -0.1) is 0 Å². The van der Waals surface area contributed by atoms with Gasteiger partial charge in [-0.25, -0.2) is 4.39 Å². The number of furan rings is 1. The molecule has 2 amide bonds. The summed E-state index contributed by atoms with van der Waals surface area (Å²) in [7, 11) is 0. The van der Waals surface area contributed by atoms with Crippen LogP contribution in [-0.2, 0) is 16.0 Å². The highest BCUT2D eigenvalue weighted by Crippen LogP contribution is 2.31. The summed E-state index contributed by atoms with van der Waals surface area (Å²) in [5.41, 5.74) is 5.65. The van der Waals surface area contributed by atoms with Crippen molar-refractivity contribution in [3.8, 4) is 17.7 Å². The number of rotatable bonds is 5. The van der Waals surface area contributed by atoms with E-state index in [1.54, 1.807) is 12.1 Å². The first kappa shape index (κ1) is 21.1. The molecule has 0 bridgehead atoms. The standard InChI is InChI=1S/C22H20FN5O4/c23-16-5-3-14(4-6-16)12-19(29)26-27-20(30)15-7-9-28(10-8-15)22-17(13-24)25-21(32-22)18-2-1-11-31-18/h1-6,11,15H,7-10,12H2,(H,26,29)(H,27,30). The molecule has 9 nitrogen and oxygen atoms in total. The fourth-order valence-corrected chi connectivity index (χ4v) is 3.51. The third-order valence-corrected chi connectivity index (χ3v) is 5.20. The number of aromatic nitrogens is 1. The number of oxazole rings is 1. The maximum atomic E-state index is 12.9. The van der Waals surface area contributed by atoms with Crippen LogP contribution in [0.2, 0.25) is 0 Å². The first-order valence-electron chi connectivity index (χ1n) is 10.1. The SMILES string of the molecule is N#Cc1nc(-c2ccco2)oc1N1CCC(C(=O)NNC(=O)Cc2ccc(F)cc2)CC1. The van der Waals surface area contributed by atoms with Gasteiger partial charge in [0.1, 0.15) is 11.9 Å². The molecule has 4 rings (SSSR count). The minimum absolute atomic E-state index is 0.0272. The van der Waals surface area contributed by atoms with Crippen LogP contribution in [0.1, 0.15) is 24.1 Å². The lowest BCUT2D eigenvalue weighted by Gasteiger charge is -2.30. The molecule has 3 aromatic rings. The fourth-order valence-electron chi connectivity index (χ4n) is 3.51. The van der Waals surface area contributed by atoms with E-state index in [4.69, 9.17) is 8.83 Å². The van der Waals surface area contributed by atoms with Crippen molar-refractivity contribution in [1.29, 1.82) is 5.26 Å². The molecule has 1 saturated heterocycles. The molecule has 0 spiro atoms. The second-order valence-electron chi connectivity index (χ2n) is 7.36. The molecule has 0 radical (unpaired) electrons. The number of hydrogen-bond acceptors (Lipinski definition) is 7. The van der Waals surface area contributed by atoms with Gasteiger partial charge in [0.15, 0.2) is 5.76 Å². The molecule has 0 atom stereocenters. The highest BCUT2D eigenvalue weighted by atomic mass is 19.1. The number of carbonyl (C=O) groups is 2. The Hall–Kier alpha value is -4.13. The van der Waals surface area contributed by atoms with Gasteiger partial charge in [-0.2, -0.15) is 10.2 Å². The number of nitrogens with zero attached hydrogens (tertiary/aromatic N) is 3. The van der Waals surface area contributed by atoms with Gasteiger partial charge in [0, 0.05) is 19.0 Å². The third-order valence-electron chi connectivity index (χ3n) is 5.20. The van der Waals surface area contributed by atoms with Gasteiger partial charge in [-0.05, 0) is 42.7 Å². The van der Waals surface area contributed by atoms with Gasteiger partial charge >= 0.3 is 0 Å². The number of hydrogen-bond donors (Lipinski definition) is 2. The minimum Gasteiger partial charge on any atom is -0.459 e. The topological polar surface area (TPSA) is 124 Å². The van der Waals surface area contributed by atoms with Gasteiger partial charge in [0.2, 0.25) is 23.4 Å². The summed E-state index contributed by atoms with van der Waals surface area (Å²) in [4.78, 5) is 30.5. The largest absolute Gasteiger partial charge is 0.459 e.